The van der Waals surface area contributed by atoms with Crippen molar-refractivity contribution in [3.05, 3.63) is 71.8 Å². The summed E-state index contributed by atoms with van der Waals surface area (Å²) in [4.78, 5) is 14.8. The number of cyclic esters (lactones) is 1. The first-order valence-electron chi connectivity index (χ1n) is 9.37. The maximum atomic E-state index is 13.0. The molecule has 1 aliphatic heterocycles. The SMILES string of the molecule is CO[C@@]1(C)[C@H](N2C(=O)O[C@@H](c3ccccc3)[C@H]2c2ccccc2)C[C@@]1(O)CI. The maximum Gasteiger partial charge on any atom is 0.411 e. The Kier molecular flexibility index (Phi) is 5.14. The zero-order chi connectivity index (χ0) is 19.9. The van der Waals surface area contributed by atoms with E-state index in [0.717, 1.165) is 11.1 Å². The Morgan fingerprint density at radius 3 is 2.25 bits per heavy atom. The highest BCUT2D eigenvalue weighted by Crippen LogP contribution is 2.54. The fraction of sp³-hybridized carbons (Fsp3) is 0.409. The molecule has 2 aromatic carbocycles. The highest BCUT2D eigenvalue weighted by atomic mass is 127. The number of halogens is 1. The van der Waals surface area contributed by atoms with Crippen molar-refractivity contribution in [2.75, 3.05) is 11.5 Å². The first-order valence-corrected chi connectivity index (χ1v) is 10.9. The summed E-state index contributed by atoms with van der Waals surface area (Å²) < 4.78 is 12.2. The van der Waals surface area contributed by atoms with E-state index in [1.807, 2.05) is 67.6 Å². The molecule has 1 heterocycles. The van der Waals surface area contributed by atoms with Crippen LogP contribution in [-0.4, -0.2) is 44.9 Å². The minimum atomic E-state index is -0.973. The highest BCUT2D eigenvalue weighted by Gasteiger charge is 2.67. The van der Waals surface area contributed by atoms with Gasteiger partial charge in [0.05, 0.1) is 6.04 Å². The molecule has 2 aliphatic rings. The number of ether oxygens (including phenoxy) is 2. The number of hydrogen-bond acceptors (Lipinski definition) is 4. The van der Waals surface area contributed by atoms with Gasteiger partial charge in [0.15, 0.2) is 6.10 Å². The van der Waals surface area contributed by atoms with Crippen LogP contribution in [-0.2, 0) is 9.47 Å². The predicted molar refractivity (Wildman–Crippen MR) is 114 cm³/mol. The molecule has 1 aliphatic carbocycles. The summed E-state index contributed by atoms with van der Waals surface area (Å²) in [6, 6.07) is 19.2. The third-order valence-electron chi connectivity index (χ3n) is 6.37. The van der Waals surface area contributed by atoms with Crippen molar-refractivity contribution in [3.63, 3.8) is 0 Å². The summed E-state index contributed by atoms with van der Waals surface area (Å²) in [5.74, 6) is 0. The monoisotopic (exact) mass is 493 g/mol. The molecule has 2 fully saturated rings. The molecular formula is C22H24INO4. The molecule has 0 bridgehead atoms. The minimum absolute atomic E-state index is 0.274. The van der Waals surface area contributed by atoms with E-state index in [1.54, 1.807) is 12.0 Å². The number of amides is 1. The Hall–Kier alpha value is -1.64. The van der Waals surface area contributed by atoms with Crippen LogP contribution in [0.4, 0.5) is 4.79 Å². The second kappa shape index (κ2) is 7.31. The van der Waals surface area contributed by atoms with E-state index < -0.39 is 17.3 Å². The van der Waals surface area contributed by atoms with Crippen LogP contribution >= 0.6 is 22.6 Å². The first kappa shape index (κ1) is 19.7. The molecule has 1 N–H and O–H groups in total. The molecule has 148 valence electrons. The van der Waals surface area contributed by atoms with Gasteiger partial charge in [-0.15, -0.1) is 0 Å². The van der Waals surface area contributed by atoms with E-state index in [-0.39, 0.29) is 18.2 Å². The largest absolute Gasteiger partial charge is 0.439 e. The van der Waals surface area contributed by atoms with Crippen molar-refractivity contribution in [1.29, 1.82) is 0 Å². The maximum absolute atomic E-state index is 13.0. The quantitative estimate of drug-likeness (QED) is 0.500. The minimum Gasteiger partial charge on any atom is -0.439 e. The van der Waals surface area contributed by atoms with E-state index in [1.165, 1.54) is 0 Å². The average Bonchev–Trinajstić information content (AvgIpc) is 3.08. The van der Waals surface area contributed by atoms with E-state index in [0.29, 0.717) is 10.8 Å². The number of benzene rings is 2. The first-order chi connectivity index (χ1) is 13.4. The van der Waals surface area contributed by atoms with Gasteiger partial charge in [0.25, 0.3) is 0 Å². The summed E-state index contributed by atoms with van der Waals surface area (Å²) in [6.07, 6.45) is -0.322. The molecule has 0 unspecified atom stereocenters. The van der Waals surface area contributed by atoms with Gasteiger partial charge < -0.3 is 14.6 Å². The molecule has 0 aromatic heterocycles. The van der Waals surface area contributed by atoms with E-state index in [2.05, 4.69) is 22.6 Å². The smallest absolute Gasteiger partial charge is 0.411 e. The summed E-state index contributed by atoms with van der Waals surface area (Å²) >= 11 is 2.17. The molecular weight excluding hydrogens is 469 g/mol. The number of carbonyl (C=O) groups is 1. The summed E-state index contributed by atoms with van der Waals surface area (Å²) in [6.45, 7) is 1.88. The molecule has 0 spiro atoms. The Morgan fingerprint density at radius 1 is 1.14 bits per heavy atom. The number of hydrogen-bond donors (Lipinski definition) is 1. The highest BCUT2D eigenvalue weighted by molar-refractivity contribution is 14.1. The number of carbonyl (C=O) groups excluding carboxylic acids is 1. The van der Waals surface area contributed by atoms with Gasteiger partial charge in [0.2, 0.25) is 0 Å². The van der Waals surface area contributed by atoms with Crippen LogP contribution in [0.25, 0.3) is 0 Å². The Bertz CT molecular complexity index is 848. The third kappa shape index (κ3) is 2.84. The van der Waals surface area contributed by atoms with Gasteiger partial charge in [-0.1, -0.05) is 83.3 Å². The van der Waals surface area contributed by atoms with Gasteiger partial charge in [-0.05, 0) is 18.1 Å². The zero-order valence-corrected chi connectivity index (χ0v) is 18.1. The fourth-order valence-corrected chi connectivity index (χ4v) is 5.54. The number of alkyl halides is 1. The second-order valence-corrected chi connectivity index (χ2v) is 8.44. The molecule has 1 saturated heterocycles. The van der Waals surface area contributed by atoms with Crippen LogP contribution < -0.4 is 0 Å². The lowest BCUT2D eigenvalue weighted by molar-refractivity contribution is -0.252. The van der Waals surface area contributed by atoms with E-state index in [4.69, 9.17) is 9.47 Å². The molecule has 2 aromatic rings. The molecule has 0 radical (unpaired) electrons. The third-order valence-corrected chi connectivity index (χ3v) is 7.63. The summed E-state index contributed by atoms with van der Waals surface area (Å²) in [5.41, 5.74) is 0.130. The lowest BCUT2D eigenvalue weighted by atomic mass is 9.62. The average molecular weight is 493 g/mol. The number of aliphatic hydroxyl groups is 1. The van der Waals surface area contributed by atoms with Crippen LogP contribution in [0.3, 0.4) is 0 Å². The van der Waals surface area contributed by atoms with Crippen molar-refractivity contribution in [3.8, 4) is 0 Å². The summed E-state index contributed by atoms with van der Waals surface area (Å²) in [7, 11) is 1.59. The Labute approximate surface area is 178 Å². The predicted octanol–water partition coefficient (Wildman–Crippen LogP) is 4.26. The zero-order valence-electron chi connectivity index (χ0n) is 15.9. The molecule has 5 atom stereocenters. The van der Waals surface area contributed by atoms with Crippen LogP contribution in [0.5, 0.6) is 0 Å². The van der Waals surface area contributed by atoms with Gasteiger partial charge >= 0.3 is 6.09 Å². The van der Waals surface area contributed by atoms with Crippen molar-refractivity contribution in [1.82, 2.24) is 4.90 Å². The van der Waals surface area contributed by atoms with E-state index >= 15 is 0 Å². The Balaban J connectivity index is 1.77. The number of methoxy groups -OCH3 is 1. The van der Waals surface area contributed by atoms with Gasteiger partial charge in [0.1, 0.15) is 17.2 Å². The van der Waals surface area contributed by atoms with Crippen molar-refractivity contribution in [2.45, 2.75) is 42.7 Å². The fourth-order valence-electron chi connectivity index (χ4n) is 4.47. The van der Waals surface area contributed by atoms with Crippen LogP contribution in [0.1, 0.15) is 36.6 Å². The Morgan fingerprint density at radius 2 is 1.71 bits per heavy atom. The van der Waals surface area contributed by atoms with Crippen molar-refractivity contribution >= 4 is 28.7 Å². The lowest BCUT2D eigenvalue weighted by Crippen LogP contribution is -2.77. The van der Waals surface area contributed by atoms with Crippen LogP contribution in [0.2, 0.25) is 0 Å². The normalized spacial score (nSPS) is 34.8. The summed E-state index contributed by atoms with van der Waals surface area (Å²) in [5, 5.41) is 11.0. The van der Waals surface area contributed by atoms with Crippen molar-refractivity contribution < 1.29 is 19.4 Å². The van der Waals surface area contributed by atoms with Gasteiger partial charge in [-0.3, -0.25) is 4.90 Å². The topological polar surface area (TPSA) is 59.0 Å². The van der Waals surface area contributed by atoms with E-state index in [9.17, 15) is 9.90 Å². The van der Waals surface area contributed by atoms with Gasteiger partial charge in [0, 0.05) is 18.0 Å². The second-order valence-electron chi connectivity index (χ2n) is 7.67. The molecule has 5 nitrogen and oxygen atoms in total. The van der Waals surface area contributed by atoms with Crippen molar-refractivity contribution in [2.24, 2.45) is 0 Å². The van der Waals surface area contributed by atoms with Crippen LogP contribution in [0.15, 0.2) is 60.7 Å². The van der Waals surface area contributed by atoms with Gasteiger partial charge in [-0.2, -0.15) is 0 Å². The molecule has 28 heavy (non-hydrogen) atoms. The standard InChI is InChI=1S/C22H24INO4/c1-21(27-2)17(13-22(21,26)14-23)24-18(15-9-5-3-6-10-15)19(28-20(24)25)16-11-7-4-8-12-16/h3-12,17-19,26H,13-14H2,1-2H3/t17-,18-,19+,21+,22-/m1/s1. The van der Waals surface area contributed by atoms with Crippen LogP contribution in [0, 0.1) is 0 Å². The molecule has 1 amide bonds. The molecule has 1 saturated carbocycles. The number of nitrogens with zero attached hydrogens (tertiary/aromatic N) is 1. The van der Waals surface area contributed by atoms with Gasteiger partial charge in [-0.25, -0.2) is 4.79 Å². The molecule has 6 heteroatoms. The molecule has 4 rings (SSSR count). The lowest BCUT2D eigenvalue weighted by Gasteiger charge is -2.60. The number of rotatable bonds is 5.